The first-order chi connectivity index (χ1) is 11.6. The van der Waals surface area contributed by atoms with Gasteiger partial charge in [0.25, 0.3) is 0 Å². The lowest BCUT2D eigenvalue weighted by Crippen LogP contribution is -2.49. The molecule has 5 heteroatoms. The normalized spacial score (nSPS) is 25.4. The van der Waals surface area contributed by atoms with Gasteiger partial charge in [0.1, 0.15) is 17.2 Å². The molecule has 2 aromatic rings. The van der Waals surface area contributed by atoms with Gasteiger partial charge in [0.2, 0.25) is 0 Å². The number of ether oxygens (including phenoxy) is 2. The summed E-state index contributed by atoms with van der Waals surface area (Å²) in [6, 6.07) is 9.24. The molecule has 2 aromatic carbocycles. The Kier molecular flexibility index (Phi) is 3.87. The van der Waals surface area contributed by atoms with Gasteiger partial charge in [0.05, 0.1) is 12.2 Å². The molecule has 4 rings (SSSR count). The van der Waals surface area contributed by atoms with Gasteiger partial charge in [-0.3, -0.25) is 0 Å². The van der Waals surface area contributed by atoms with E-state index in [4.69, 9.17) is 21.1 Å². The fourth-order valence-corrected chi connectivity index (χ4v) is 4.04. The molecule has 0 spiro atoms. The molecule has 1 fully saturated rings. The molecule has 0 radical (unpaired) electrons. The van der Waals surface area contributed by atoms with Crippen LogP contribution in [0.1, 0.15) is 31.2 Å². The Morgan fingerprint density at radius 1 is 1.04 bits per heavy atom. The molecule has 1 saturated carbocycles. The summed E-state index contributed by atoms with van der Waals surface area (Å²) >= 11 is 5.93. The molecular formula is C19H17ClF2O2. The third-order valence-corrected chi connectivity index (χ3v) is 5.29. The molecule has 1 aliphatic carbocycles. The lowest BCUT2D eigenvalue weighted by atomic mass is 9.70. The summed E-state index contributed by atoms with van der Waals surface area (Å²) in [5, 5.41) is 0.602. The summed E-state index contributed by atoms with van der Waals surface area (Å²) in [4.78, 5) is 0. The molecule has 2 atom stereocenters. The minimum absolute atomic E-state index is 0.00859. The summed E-state index contributed by atoms with van der Waals surface area (Å²) in [6.07, 6.45) is 3.44. The maximum atomic E-state index is 14.7. The van der Waals surface area contributed by atoms with Crippen molar-refractivity contribution in [1.29, 1.82) is 0 Å². The second-order valence-electron chi connectivity index (χ2n) is 6.43. The van der Waals surface area contributed by atoms with Crippen LogP contribution in [0.5, 0.6) is 11.5 Å². The van der Waals surface area contributed by atoms with Crippen LogP contribution in [0.15, 0.2) is 36.4 Å². The largest absolute Gasteiger partial charge is 0.489 e. The number of rotatable bonds is 2. The molecule has 0 bridgehead atoms. The SMILES string of the molecule is Fc1ccc(F)c2c1OCC1CCCC[C@@]21Oc1ccc(Cl)cc1. The summed E-state index contributed by atoms with van der Waals surface area (Å²) in [7, 11) is 0. The van der Waals surface area contributed by atoms with Crippen molar-refractivity contribution in [3.8, 4) is 11.5 Å². The third-order valence-electron chi connectivity index (χ3n) is 5.03. The number of hydrogen-bond donors (Lipinski definition) is 0. The van der Waals surface area contributed by atoms with Gasteiger partial charge in [0, 0.05) is 10.9 Å². The van der Waals surface area contributed by atoms with Gasteiger partial charge in [-0.25, -0.2) is 8.78 Å². The highest BCUT2D eigenvalue weighted by Crippen LogP contribution is 2.52. The van der Waals surface area contributed by atoms with E-state index in [1.54, 1.807) is 24.3 Å². The molecule has 1 unspecified atom stereocenters. The molecule has 1 heterocycles. The van der Waals surface area contributed by atoms with E-state index >= 15 is 0 Å². The molecule has 126 valence electrons. The smallest absolute Gasteiger partial charge is 0.165 e. The maximum absolute atomic E-state index is 14.7. The van der Waals surface area contributed by atoms with Gasteiger partial charge in [-0.2, -0.15) is 0 Å². The number of halogens is 3. The minimum atomic E-state index is -0.897. The first-order valence-electron chi connectivity index (χ1n) is 8.16. The zero-order valence-electron chi connectivity index (χ0n) is 13.0. The zero-order chi connectivity index (χ0) is 16.7. The first kappa shape index (κ1) is 15.7. The van der Waals surface area contributed by atoms with Crippen molar-refractivity contribution >= 4 is 11.6 Å². The predicted octanol–water partition coefficient (Wildman–Crippen LogP) is 5.48. The van der Waals surface area contributed by atoms with Crippen LogP contribution in [0.2, 0.25) is 5.02 Å². The fraction of sp³-hybridized carbons (Fsp3) is 0.368. The number of hydrogen-bond acceptors (Lipinski definition) is 2. The highest BCUT2D eigenvalue weighted by Gasteiger charge is 2.51. The van der Waals surface area contributed by atoms with Crippen LogP contribution >= 0.6 is 11.6 Å². The summed E-state index contributed by atoms with van der Waals surface area (Å²) in [5.74, 6) is -0.447. The Balaban J connectivity index is 1.85. The van der Waals surface area contributed by atoms with Crippen molar-refractivity contribution in [2.24, 2.45) is 5.92 Å². The van der Waals surface area contributed by atoms with Gasteiger partial charge >= 0.3 is 0 Å². The van der Waals surface area contributed by atoms with Crippen LogP contribution in [0.4, 0.5) is 8.78 Å². The Bertz CT molecular complexity index is 763. The highest BCUT2D eigenvalue weighted by molar-refractivity contribution is 6.30. The van der Waals surface area contributed by atoms with E-state index in [0.717, 1.165) is 31.4 Å². The van der Waals surface area contributed by atoms with Crippen molar-refractivity contribution in [2.75, 3.05) is 6.61 Å². The lowest BCUT2D eigenvalue weighted by Gasteiger charge is -2.47. The van der Waals surface area contributed by atoms with E-state index in [-0.39, 0.29) is 17.2 Å². The predicted molar refractivity (Wildman–Crippen MR) is 87.6 cm³/mol. The average Bonchev–Trinajstić information content (AvgIpc) is 2.59. The topological polar surface area (TPSA) is 18.5 Å². The van der Waals surface area contributed by atoms with Crippen molar-refractivity contribution in [3.63, 3.8) is 0 Å². The van der Waals surface area contributed by atoms with Crippen LogP contribution in [-0.2, 0) is 5.60 Å². The molecular weight excluding hydrogens is 334 g/mol. The Labute approximate surface area is 144 Å². The Hall–Kier alpha value is -1.81. The van der Waals surface area contributed by atoms with Gasteiger partial charge in [-0.1, -0.05) is 18.0 Å². The van der Waals surface area contributed by atoms with Gasteiger partial charge < -0.3 is 9.47 Å². The Morgan fingerprint density at radius 3 is 2.58 bits per heavy atom. The van der Waals surface area contributed by atoms with E-state index in [1.165, 1.54) is 0 Å². The van der Waals surface area contributed by atoms with Crippen molar-refractivity contribution in [3.05, 3.63) is 58.6 Å². The van der Waals surface area contributed by atoms with E-state index in [2.05, 4.69) is 0 Å². The molecule has 0 aromatic heterocycles. The minimum Gasteiger partial charge on any atom is -0.489 e. The first-order valence-corrected chi connectivity index (χ1v) is 8.54. The molecule has 0 amide bonds. The monoisotopic (exact) mass is 350 g/mol. The molecule has 2 nitrogen and oxygen atoms in total. The summed E-state index contributed by atoms with van der Waals surface area (Å²) in [5.41, 5.74) is -0.681. The van der Waals surface area contributed by atoms with E-state index in [1.807, 2.05) is 0 Å². The molecule has 24 heavy (non-hydrogen) atoms. The molecule has 0 saturated heterocycles. The van der Waals surface area contributed by atoms with E-state index in [9.17, 15) is 8.78 Å². The van der Waals surface area contributed by atoms with Crippen molar-refractivity contribution in [1.82, 2.24) is 0 Å². The standard InChI is InChI=1S/C19H17ClF2O2/c20-13-4-6-14(7-5-13)24-19-10-2-1-3-12(19)11-23-18-16(22)9-8-15(21)17(18)19/h4-9,12H,1-3,10-11H2/t12?,19-/m0/s1. The average molecular weight is 351 g/mol. The summed E-state index contributed by atoms with van der Waals surface area (Å²) in [6.45, 7) is 0.334. The van der Waals surface area contributed by atoms with Gasteiger partial charge in [-0.15, -0.1) is 0 Å². The number of fused-ring (bicyclic) bond motifs is 3. The van der Waals surface area contributed by atoms with Gasteiger partial charge in [0.15, 0.2) is 11.6 Å². The second-order valence-corrected chi connectivity index (χ2v) is 6.87. The zero-order valence-corrected chi connectivity index (χ0v) is 13.8. The molecule has 0 N–H and O–H groups in total. The fourth-order valence-electron chi connectivity index (χ4n) is 3.91. The van der Waals surface area contributed by atoms with Crippen LogP contribution in [0.25, 0.3) is 0 Å². The second kappa shape index (κ2) is 5.92. The van der Waals surface area contributed by atoms with Crippen LogP contribution in [-0.4, -0.2) is 6.61 Å². The van der Waals surface area contributed by atoms with Gasteiger partial charge in [-0.05, 0) is 55.7 Å². The quantitative estimate of drug-likeness (QED) is 0.714. The lowest BCUT2D eigenvalue weighted by molar-refractivity contribution is -0.0676. The highest BCUT2D eigenvalue weighted by atomic mass is 35.5. The maximum Gasteiger partial charge on any atom is 0.165 e. The van der Waals surface area contributed by atoms with Crippen LogP contribution in [0, 0.1) is 17.6 Å². The van der Waals surface area contributed by atoms with Crippen molar-refractivity contribution < 1.29 is 18.3 Å². The Morgan fingerprint density at radius 2 is 1.79 bits per heavy atom. The molecule has 1 aliphatic heterocycles. The molecule has 2 aliphatic rings. The van der Waals surface area contributed by atoms with Crippen molar-refractivity contribution in [2.45, 2.75) is 31.3 Å². The third kappa shape index (κ3) is 2.44. The van der Waals surface area contributed by atoms with Crippen LogP contribution < -0.4 is 9.47 Å². The van der Waals surface area contributed by atoms with E-state index < -0.39 is 17.2 Å². The van der Waals surface area contributed by atoms with E-state index in [0.29, 0.717) is 23.8 Å². The summed E-state index contributed by atoms with van der Waals surface area (Å²) < 4.78 is 40.8. The van der Waals surface area contributed by atoms with Crippen LogP contribution in [0.3, 0.4) is 0 Å². The number of benzene rings is 2.